The van der Waals surface area contributed by atoms with E-state index >= 15 is 0 Å². The second-order valence-corrected chi connectivity index (χ2v) is 8.57. The summed E-state index contributed by atoms with van der Waals surface area (Å²) >= 11 is 0. The van der Waals surface area contributed by atoms with Crippen LogP contribution in [0.5, 0.6) is 0 Å². The van der Waals surface area contributed by atoms with Gasteiger partial charge in [-0.05, 0) is 50.5 Å². The lowest BCUT2D eigenvalue weighted by atomic mass is 10.1. The van der Waals surface area contributed by atoms with Crippen LogP contribution in [0.25, 0.3) is 11.7 Å². The highest BCUT2D eigenvalue weighted by molar-refractivity contribution is 5.91. The molecule has 0 saturated carbocycles. The second kappa shape index (κ2) is 14.4. The highest BCUT2D eigenvalue weighted by Gasteiger charge is 2.17. The zero-order chi connectivity index (χ0) is 24.9. The number of methoxy groups -OCH3 is 1. The van der Waals surface area contributed by atoms with Crippen LogP contribution in [-0.2, 0) is 20.7 Å². The lowest BCUT2D eigenvalue weighted by Gasteiger charge is -2.26. The summed E-state index contributed by atoms with van der Waals surface area (Å²) in [5.41, 5.74) is 4.11. The number of hydrogen-bond donors (Lipinski definition) is 3. The van der Waals surface area contributed by atoms with E-state index in [1.165, 1.54) is 18.9 Å². The van der Waals surface area contributed by atoms with E-state index in [9.17, 15) is 9.59 Å². The van der Waals surface area contributed by atoms with Crippen molar-refractivity contribution in [3.63, 3.8) is 0 Å². The monoisotopic (exact) mass is 473 g/mol. The van der Waals surface area contributed by atoms with Gasteiger partial charge in [-0.15, -0.1) is 0 Å². The molecule has 0 bridgehead atoms. The lowest BCUT2D eigenvalue weighted by molar-refractivity contribution is -0.133. The first-order valence-corrected chi connectivity index (χ1v) is 12.1. The zero-order valence-electron chi connectivity index (χ0n) is 20.8. The number of rotatable bonds is 15. The van der Waals surface area contributed by atoms with E-state index in [1.54, 1.807) is 18.7 Å². The third-order valence-electron chi connectivity index (χ3n) is 5.64. The van der Waals surface area contributed by atoms with Crippen LogP contribution < -0.4 is 10.8 Å². The van der Waals surface area contributed by atoms with Crippen molar-refractivity contribution in [1.82, 2.24) is 19.8 Å². The van der Waals surface area contributed by atoms with Crippen molar-refractivity contribution < 1.29 is 19.5 Å². The van der Waals surface area contributed by atoms with E-state index in [1.807, 2.05) is 41.5 Å². The number of amides is 2. The number of aryl methyl sites for hydroxylation is 1. The van der Waals surface area contributed by atoms with Crippen molar-refractivity contribution in [3.05, 3.63) is 35.7 Å². The van der Waals surface area contributed by atoms with Gasteiger partial charge < -0.3 is 15.0 Å². The highest BCUT2D eigenvalue weighted by atomic mass is 16.5. The molecule has 0 spiro atoms. The van der Waals surface area contributed by atoms with Gasteiger partial charge >= 0.3 is 0 Å². The maximum Gasteiger partial charge on any atom is 0.267 e. The van der Waals surface area contributed by atoms with Crippen molar-refractivity contribution in [3.8, 4) is 0 Å². The van der Waals surface area contributed by atoms with Gasteiger partial charge in [0.15, 0.2) is 0 Å². The molecule has 3 N–H and O–H groups in total. The number of pyridine rings is 1. The van der Waals surface area contributed by atoms with Crippen molar-refractivity contribution in [2.24, 2.45) is 0 Å². The van der Waals surface area contributed by atoms with Gasteiger partial charge in [0, 0.05) is 44.9 Å². The molecule has 0 aliphatic heterocycles. The normalized spacial score (nSPS) is 11.5. The van der Waals surface area contributed by atoms with Gasteiger partial charge in [0.1, 0.15) is 11.5 Å². The molecule has 0 saturated heterocycles. The number of unbranched alkanes of at least 4 members (excludes halogenated alkanes) is 3. The van der Waals surface area contributed by atoms with Crippen molar-refractivity contribution in [2.45, 2.75) is 65.3 Å². The number of nitrogens with zero attached hydrogens (tertiary/aromatic N) is 3. The molecule has 0 aliphatic rings. The summed E-state index contributed by atoms with van der Waals surface area (Å²) in [6.07, 6.45) is 10.6. The Morgan fingerprint density at radius 3 is 2.76 bits per heavy atom. The second-order valence-electron chi connectivity index (χ2n) is 8.57. The van der Waals surface area contributed by atoms with Crippen LogP contribution in [-0.4, -0.2) is 64.2 Å². The van der Waals surface area contributed by atoms with Crippen molar-refractivity contribution in [1.29, 1.82) is 0 Å². The fourth-order valence-electron chi connectivity index (χ4n) is 3.79. The Morgan fingerprint density at radius 1 is 1.29 bits per heavy atom. The van der Waals surface area contributed by atoms with Crippen LogP contribution in [0.3, 0.4) is 0 Å². The largest absolute Gasteiger partial charge is 0.383 e. The SMILES string of the molecule is CCCCCCc1nc2cc(C=CC(=O)NO)ccn2c1NCCC(=O)N(CCOC)C(C)C. The van der Waals surface area contributed by atoms with Crippen LogP contribution in [0.1, 0.15) is 64.1 Å². The summed E-state index contributed by atoms with van der Waals surface area (Å²) < 4.78 is 7.12. The molecule has 34 heavy (non-hydrogen) atoms. The van der Waals surface area contributed by atoms with E-state index < -0.39 is 5.91 Å². The number of carbonyl (C=O) groups excluding carboxylic acids is 2. The van der Waals surface area contributed by atoms with Gasteiger partial charge in [-0.1, -0.05) is 26.2 Å². The molecule has 0 atom stereocenters. The summed E-state index contributed by atoms with van der Waals surface area (Å²) in [4.78, 5) is 30.7. The summed E-state index contributed by atoms with van der Waals surface area (Å²) in [7, 11) is 1.64. The number of nitrogens with one attached hydrogen (secondary N) is 2. The first-order chi connectivity index (χ1) is 16.4. The molecule has 0 radical (unpaired) electrons. The maximum atomic E-state index is 12.8. The zero-order valence-corrected chi connectivity index (χ0v) is 20.8. The van der Waals surface area contributed by atoms with Crippen LogP contribution in [0.2, 0.25) is 0 Å². The molecule has 2 aromatic rings. The highest BCUT2D eigenvalue weighted by Crippen LogP contribution is 2.22. The number of carbonyl (C=O) groups is 2. The third-order valence-corrected chi connectivity index (χ3v) is 5.64. The number of aromatic nitrogens is 2. The number of anilines is 1. The smallest absolute Gasteiger partial charge is 0.267 e. The molecule has 2 aromatic heterocycles. The summed E-state index contributed by atoms with van der Waals surface area (Å²) in [5, 5.41) is 12.1. The van der Waals surface area contributed by atoms with Crippen LogP contribution >= 0.6 is 0 Å². The summed E-state index contributed by atoms with van der Waals surface area (Å²) in [6, 6.07) is 3.88. The van der Waals surface area contributed by atoms with Gasteiger partial charge in [-0.25, -0.2) is 10.5 Å². The number of ether oxygens (including phenoxy) is 1. The predicted molar refractivity (Wildman–Crippen MR) is 134 cm³/mol. The topological polar surface area (TPSA) is 108 Å². The van der Waals surface area contributed by atoms with Gasteiger partial charge in [0.2, 0.25) is 5.91 Å². The first kappa shape index (κ1) is 27.3. The summed E-state index contributed by atoms with van der Waals surface area (Å²) in [5.74, 6) is 0.399. The average Bonchev–Trinajstić information content (AvgIpc) is 3.16. The minimum Gasteiger partial charge on any atom is -0.383 e. The van der Waals surface area contributed by atoms with E-state index in [4.69, 9.17) is 14.9 Å². The van der Waals surface area contributed by atoms with Gasteiger partial charge in [-0.3, -0.25) is 19.2 Å². The van der Waals surface area contributed by atoms with Crippen LogP contribution in [0.15, 0.2) is 24.4 Å². The number of hydrogen-bond acceptors (Lipinski definition) is 6. The Bertz CT molecular complexity index is 954. The molecular formula is C25H39N5O4. The van der Waals surface area contributed by atoms with Crippen molar-refractivity contribution >= 4 is 29.4 Å². The molecule has 2 rings (SSSR count). The van der Waals surface area contributed by atoms with Gasteiger partial charge in [-0.2, -0.15) is 0 Å². The maximum absolute atomic E-state index is 12.8. The Kier molecular flexibility index (Phi) is 11.6. The first-order valence-electron chi connectivity index (χ1n) is 12.1. The average molecular weight is 474 g/mol. The number of fused-ring (bicyclic) bond motifs is 1. The van der Waals surface area contributed by atoms with Crippen LogP contribution in [0.4, 0.5) is 5.82 Å². The standard InChI is InChI=1S/C25H39N5O4/c1-5-6-7-8-9-21-25(26-14-12-24(32)29(19(2)3)16-17-34-4)30-15-13-20(18-22(30)27-21)10-11-23(31)28-33/h10-11,13,15,18-19,26,33H,5-9,12,14,16-17H2,1-4H3,(H,28,31). The van der Waals surface area contributed by atoms with Crippen molar-refractivity contribution in [2.75, 3.05) is 32.1 Å². The predicted octanol–water partition coefficient (Wildman–Crippen LogP) is 3.66. The lowest BCUT2D eigenvalue weighted by Crippen LogP contribution is -2.40. The Balaban J connectivity index is 2.17. The van der Waals surface area contributed by atoms with E-state index in [-0.39, 0.29) is 11.9 Å². The van der Waals surface area contributed by atoms with Gasteiger partial charge in [0.25, 0.3) is 5.91 Å². The Labute approximate surface area is 202 Å². The van der Waals surface area contributed by atoms with E-state index in [2.05, 4.69) is 12.2 Å². The molecule has 0 fully saturated rings. The molecule has 9 heteroatoms. The Hall–Kier alpha value is -2.91. The molecule has 2 amide bonds. The molecule has 0 unspecified atom stereocenters. The van der Waals surface area contributed by atoms with E-state index in [0.29, 0.717) is 26.1 Å². The fraction of sp³-hybridized carbons (Fsp3) is 0.560. The third kappa shape index (κ3) is 8.14. The molecule has 0 aliphatic carbocycles. The molecule has 2 heterocycles. The van der Waals surface area contributed by atoms with Crippen LogP contribution in [0, 0.1) is 0 Å². The number of hydroxylamine groups is 1. The molecular weight excluding hydrogens is 434 g/mol. The quantitative estimate of drug-likeness (QED) is 0.158. The minimum atomic E-state index is -0.590. The molecule has 9 nitrogen and oxygen atoms in total. The summed E-state index contributed by atoms with van der Waals surface area (Å²) in [6.45, 7) is 7.81. The minimum absolute atomic E-state index is 0.0902. The Morgan fingerprint density at radius 2 is 2.09 bits per heavy atom. The molecule has 0 aromatic carbocycles. The fourth-order valence-corrected chi connectivity index (χ4v) is 3.79. The molecule has 188 valence electrons. The van der Waals surface area contributed by atoms with Gasteiger partial charge in [0.05, 0.1) is 12.3 Å². The van der Waals surface area contributed by atoms with E-state index in [0.717, 1.165) is 42.0 Å². The number of imidazole rings is 1.